The van der Waals surface area contributed by atoms with Gasteiger partial charge in [-0.15, -0.1) is 0 Å². The summed E-state index contributed by atoms with van der Waals surface area (Å²) in [4.78, 5) is 8.38. The van der Waals surface area contributed by atoms with Gasteiger partial charge in [-0.3, -0.25) is 0 Å². The van der Waals surface area contributed by atoms with Crippen molar-refractivity contribution in [2.75, 3.05) is 11.9 Å². The summed E-state index contributed by atoms with van der Waals surface area (Å²) in [5.41, 5.74) is 1.14. The van der Waals surface area contributed by atoms with Crippen LogP contribution < -0.4 is 10.5 Å². The van der Waals surface area contributed by atoms with Crippen molar-refractivity contribution < 1.29 is 8.42 Å². The first-order valence-corrected chi connectivity index (χ1v) is 8.22. The quantitative estimate of drug-likeness (QED) is 0.868. The van der Waals surface area contributed by atoms with Crippen LogP contribution in [-0.4, -0.2) is 24.9 Å². The maximum atomic E-state index is 11.2. The lowest BCUT2D eigenvalue weighted by Crippen LogP contribution is -2.12. The number of primary sulfonamides is 1. The number of anilines is 1. The van der Waals surface area contributed by atoms with Crippen LogP contribution in [0.2, 0.25) is 0 Å². The van der Waals surface area contributed by atoms with Crippen LogP contribution in [0.5, 0.6) is 0 Å². The van der Waals surface area contributed by atoms with Crippen LogP contribution in [0, 0.1) is 5.92 Å². The summed E-state index contributed by atoms with van der Waals surface area (Å²) in [7, 11) is -3.61. The zero-order chi connectivity index (χ0) is 14.9. The number of hydrogen-bond donors (Lipinski definition) is 2. The SMILES string of the molecule is NS(=O)(=O)c1ccc(C2CC2CNc2ncccn2)cc1. The van der Waals surface area contributed by atoms with Gasteiger partial charge >= 0.3 is 0 Å². The third kappa shape index (κ3) is 3.37. The van der Waals surface area contributed by atoms with Gasteiger partial charge in [0.25, 0.3) is 0 Å². The molecule has 110 valence electrons. The van der Waals surface area contributed by atoms with E-state index >= 15 is 0 Å². The summed E-state index contributed by atoms with van der Waals surface area (Å²) in [5.74, 6) is 1.61. The summed E-state index contributed by atoms with van der Waals surface area (Å²) in [6.07, 6.45) is 4.48. The first kappa shape index (κ1) is 14.0. The van der Waals surface area contributed by atoms with E-state index in [2.05, 4.69) is 15.3 Å². The predicted octanol–water partition coefficient (Wildman–Crippen LogP) is 1.34. The molecule has 6 nitrogen and oxygen atoms in total. The zero-order valence-electron chi connectivity index (χ0n) is 11.3. The molecule has 2 atom stereocenters. The predicted molar refractivity (Wildman–Crippen MR) is 79.2 cm³/mol. The number of nitrogens with zero attached hydrogens (tertiary/aromatic N) is 2. The Morgan fingerprint density at radius 2 is 1.86 bits per heavy atom. The Balaban J connectivity index is 1.58. The molecule has 1 heterocycles. The molecule has 0 saturated heterocycles. The van der Waals surface area contributed by atoms with E-state index < -0.39 is 10.0 Å². The molecule has 0 bridgehead atoms. The molecule has 21 heavy (non-hydrogen) atoms. The van der Waals surface area contributed by atoms with Crippen LogP contribution in [0.15, 0.2) is 47.6 Å². The normalized spacial score (nSPS) is 21.0. The monoisotopic (exact) mass is 304 g/mol. The Kier molecular flexibility index (Phi) is 3.60. The minimum atomic E-state index is -3.61. The Morgan fingerprint density at radius 1 is 1.19 bits per heavy atom. The number of aromatic nitrogens is 2. The fraction of sp³-hybridized carbons (Fsp3) is 0.286. The summed E-state index contributed by atoms with van der Waals surface area (Å²) in [5, 5.41) is 8.29. The highest BCUT2D eigenvalue weighted by Gasteiger charge is 2.38. The third-order valence-corrected chi connectivity index (χ3v) is 4.58. The summed E-state index contributed by atoms with van der Waals surface area (Å²) < 4.78 is 22.4. The first-order valence-electron chi connectivity index (χ1n) is 6.68. The van der Waals surface area contributed by atoms with Crippen molar-refractivity contribution in [2.45, 2.75) is 17.2 Å². The van der Waals surface area contributed by atoms with E-state index in [0.717, 1.165) is 18.5 Å². The second-order valence-electron chi connectivity index (χ2n) is 5.17. The van der Waals surface area contributed by atoms with Gasteiger partial charge in [0, 0.05) is 18.9 Å². The molecule has 0 amide bonds. The second-order valence-corrected chi connectivity index (χ2v) is 6.73. The van der Waals surface area contributed by atoms with E-state index in [1.807, 2.05) is 12.1 Å². The van der Waals surface area contributed by atoms with Crippen molar-refractivity contribution in [3.8, 4) is 0 Å². The fourth-order valence-corrected chi connectivity index (χ4v) is 2.91. The molecule has 1 aromatic carbocycles. The van der Waals surface area contributed by atoms with Gasteiger partial charge in [0.1, 0.15) is 0 Å². The van der Waals surface area contributed by atoms with Gasteiger partial charge in [-0.05, 0) is 42.0 Å². The largest absolute Gasteiger partial charge is 0.354 e. The van der Waals surface area contributed by atoms with Crippen molar-refractivity contribution in [2.24, 2.45) is 11.1 Å². The maximum Gasteiger partial charge on any atom is 0.238 e. The van der Waals surface area contributed by atoms with Crippen molar-refractivity contribution >= 4 is 16.0 Å². The third-order valence-electron chi connectivity index (χ3n) is 3.65. The lowest BCUT2D eigenvalue weighted by atomic mass is 10.1. The second kappa shape index (κ2) is 5.42. The van der Waals surface area contributed by atoms with E-state index in [9.17, 15) is 8.42 Å². The van der Waals surface area contributed by atoms with Gasteiger partial charge in [-0.2, -0.15) is 0 Å². The lowest BCUT2D eigenvalue weighted by molar-refractivity contribution is 0.597. The summed E-state index contributed by atoms with van der Waals surface area (Å²) >= 11 is 0. The van der Waals surface area contributed by atoms with E-state index in [0.29, 0.717) is 17.8 Å². The van der Waals surface area contributed by atoms with Gasteiger partial charge in [-0.1, -0.05) is 12.1 Å². The number of nitrogens with two attached hydrogens (primary N) is 1. The molecule has 3 rings (SSSR count). The molecular weight excluding hydrogens is 288 g/mol. The molecule has 1 aliphatic rings. The smallest absolute Gasteiger partial charge is 0.238 e. The van der Waals surface area contributed by atoms with Crippen molar-refractivity contribution in [1.82, 2.24) is 9.97 Å². The molecule has 1 saturated carbocycles. The maximum absolute atomic E-state index is 11.2. The van der Waals surface area contributed by atoms with Gasteiger partial charge in [-0.25, -0.2) is 23.5 Å². The van der Waals surface area contributed by atoms with Crippen LogP contribution in [0.4, 0.5) is 5.95 Å². The van der Waals surface area contributed by atoms with Crippen molar-refractivity contribution in [3.63, 3.8) is 0 Å². The Hall–Kier alpha value is -1.99. The molecule has 3 N–H and O–H groups in total. The zero-order valence-corrected chi connectivity index (χ0v) is 12.1. The number of sulfonamides is 1. The molecule has 1 fully saturated rings. The van der Waals surface area contributed by atoms with Crippen molar-refractivity contribution in [1.29, 1.82) is 0 Å². The summed E-state index contributed by atoms with van der Waals surface area (Å²) in [6, 6.07) is 8.58. The summed E-state index contributed by atoms with van der Waals surface area (Å²) in [6.45, 7) is 0.811. The molecule has 2 unspecified atom stereocenters. The molecule has 0 radical (unpaired) electrons. The molecule has 0 aliphatic heterocycles. The van der Waals surface area contributed by atoms with E-state index in [1.165, 1.54) is 0 Å². The highest BCUT2D eigenvalue weighted by atomic mass is 32.2. The van der Waals surface area contributed by atoms with Gasteiger partial charge < -0.3 is 5.32 Å². The minimum absolute atomic E-state index is 0.152. The lowest BCUT2D eigenvalue weighted by Gasteiger charge is -2.04. The van der Waals surface area contributed by atoms with E-state index in [-0.39, 0.29) is 4.90 Å². The Morgan fingerprint density at radius 3 is 2.48 bits per heavy atom. The highest BCUT2D eigenvalue weighted by Crippen LogP contribution is 2.47. The van der Waals surface area contributed by atoms with Crippen LogP contribution in [0.3, 0.4) is 0 Å². The molecular formula is C14H16N4O2S. The number of benzene rings is 1. The molecule has 1 aromatic heterocycles. The van der Waals surface area contributed by atoms with Gasteiger partial charge in [0.2, 0.25) is 16.0 Å². The topological polar surface area (TPSA) is 98.0 Å². The fourth-order valence-electron chi connectivity index (χ4n) is 2.40. The molecule has 1 aliphatic carbocycles. The van der Waals surface area contributed by atoms with Gasteiger partial charge in [0.15, 0.2) is 0 Å². The molecule has 7 heteroatoms. The Bertz CT molecular complexity index is 716. The standard InChI is InChI=1S/C14H16N4O2S/c15-21(19,20)12-4-2-10(3-5-12)13-8-11(13)9-18-14-16-6-1-7-17-14/h1-7,11,13H,8-9H2,(H2,15,19,20)(H,16,17,18). The highest BCUT2D eigenvalue weighted by molar-refractivity contribution is 7.89. The van der Waals surface area contributed by atoms with Crippen LogP contribution in [0.1, 0.15) is 17.9 Å². The molecule has 2 aromatic rings. The van der Waals surface area contributed by atoms with Crippen LogP contribution in [0.25, 0.3) is 0 Å². The number of nitrogens with one attached hydrogen (secondary N) is 1. The van der Waals surface area contributed by atoms with Crippen molar-refractivity contribution in [3.05, 3.63) is 48.3 Å². The first-order chi connectivity index (χ1) is 10.0. The number of rotatable bonds is 5. The number of hydrogen-bond acceptors (Lipinski definition) is 5. The average Bonchev–Trinajstić information content (AvgIpc) is 3.25. The van der Waals surface area contributed by atoms with Gasteiger partial charge in [0.05, 0.1) is 4.90 Å². The average molecular weight is 304 g/mol. The minimum Gasteiger partial charge on any atom is -0.354 e. The van der Waals surface area contributed by atoms with Crippen LogP contribution >= 0.6 is 0 Å². The van der Waals surface area contributed by atoms with E-state index in [1.54, 1.807) is 30.6 Å². The van der Waals surface area contributed by atoms with Crippen LogP contribution in [-0.2, 0) is 10.0 Å². The Labute approximate surface area is 123 Å². The van der Waals surface area contributed by atoms with E-state index in [4.69, 9.17) is 5.14 Å². The molecule has 0 spiro atoms.